The van der Waals surface area contributed by atoms with Crippen molar-refractivity contribution in [3.63, 3.8) is 0 Å². The number of allylic oxidation sites excluding steroid dienone is 2. The maximum atomic E-state index is 10.5. The fraction of sp³-hybridized carbons (Fsp3) is 0.500. The van der Waals surface area contributed by atoms with E-state index in [9.17, 15) is 8.42 Å². The summed E-state index contributed by atoms with van der Waals surface area (Å²) < 4.78 is 30.6. The number of hydrogen-bond donors (Lipinski definition) is 1. The maximum absolute atomic E-state index is 10.5. The normalized spacial score (nSPS) is 15.8. The fourth-order valence-electron chi connectivity index (χ4n) is 2.14. The summed E-state index contributed by atoms with van der Waals surface area (Å²) in [5.74, 6) is 0. The second-order valence-corrected chi connectivity index (χ2v) is 7.66. The van der Waals surface area contributed by atoms with E-state index in [1.165, 1.54) is 37.8 Å². The van der Waals surface area contributed by atoms with Crippen LogP contribution in [0.3, 0.4) is 0 Å². The lowest BCUT2D eigenvalue weighted by atomic mass is 10.0. The molecule has 0 saturated heterocycles. The molecule has 5 heteroatoms. The highest BCUT2D eigenvalue weighted by Crippen LogP contribution is 2.22. The highest BCUT2D eigenvalue weighted by molar-refractivity contribution is 7.85. The highest BCUT2D eigenvalue weighted by atomic mass is 32.2. The van der Waals surface area contributed by atoms with Crippen LogP contribution >= 0.6 is 0 Å². The lowest BCUT2D eigenvalue weighted by molar-refractivity contribution is -0.833. The van der Waals surface area contributed by atoms with Crippen LogP contribution < -0.4 is 0 Å². The molecule has 0 bridgehead atoms. The minimum absolute atomic E-state index is 0.0666. The van der Waals surface area contributed by atoms with E-state index in [1.807, 2.05) is 6.92 Å². The summed E-state index contributed by atoms with van der Waals surface area (Å²) >= 11 is 0. The van der Waals surface area contributed by atoms with Gasteiger partial charge in [-0.05, 0) is 44.4 Å². The molecule has 4 nitrogen and oxygen atoms in total. The molecular weight excluding hydrogens is 286 g/mol. The van der Waals surface area contributed by atoms with Crippen LogP contribution in [0.15, 0.2) is 40.9 Å². The predicted octanol–water partition coefficient (Wildman–Crippen LogP) is 3.39. The van der Waals surface area contributed by atoms with Gasteiger partial charge in [-0.25, -0.2) is 0 Å². The average molecular weight is 312 g/mol. The van der Waals surface area contributed by atoms with Gasteiger partial charge in [-0.15, -0.1) is 0 Å². The van der Waals surface area contributed by atoms with Gasteiger partial charge >= 0.3 is 0 Å². The van der Waals surface area contributed by atoms with Crippen molar-refractivity contribution >= 4 is 10.1 Å². The van der Waals surface area contributed by atoms with Gasteiger partial charge < -0.3 is 4.48 Å². The van der Waals surface area contributed by atoms with E-state index in [-0.39, 0.29) is 4.90 Å². The van der Waals surface area contributed by atoms with Crippen molar-refractivity contribution in [1.82, 2.24) is 0 Å². The number of benzene rings is 1. The number of rotatable bonds is 2. The first kappa shape index (κ1) is 17.9. The molecule has 0 saturated carbocycles. The van der Waals surface area contributed by atoms with E-state index in [4.69, 9.17) is 4.55 Å². The van der Waals surface area contributed by atoms with E-state index in [0.717, 1.165) is 10.0 Å². The Labute approximate surface area is 128 Å². The third-order valence-electron chi connectivity index (χ3n) is 3.45. The first-order valence-electron chi connectivity index (χ1n) is 7.16. The van der Waals surface area contributed by atoms with E-state index in [0.29, 0.717) is 0 Å². The standard InChI is InChI=1S/C9H18N.C7H8O3S/c1-10(2,3)9-7-5-4-6-8-9;1-6-2-4-7(5-3-6)11(8,9)10/h7H,4-6,8H2,1-3H3;2-5H,1H3,(H,8,9,10)/q+1;. The monoisotopic (exact) mass is 312 g/mol. The molecule has 21 heavy (non-hydrogen) atoms. The molecule has 0 fully saturated rings. The van der Waals surface area contributed by atoms with Gasteiger partial charge in [0, 0.05) is 6.42 Å². The summed E-state index contributed by atoms with van der Waals surface area (Å²) in [4.78, 5) is -0.0666. The van der Waals surface area contributed by atoms with Gasteiger partial charge in [-0.3, -0.25) is 4.55 Å². The third kappa shape index (κ3) is 6.42. The summed E-state index contributed by atoms with van der Waals surface area (Å²) in [7, 11) is 2.72. The van der Waals surface area contributed by atoms with Gasteiger partial charge in [0.1, 0.15) is 5.70 Å². The summed E-state index contributed by atoms with van der Waals surface area (Å²) in [5, 5.41) is 0. The second kappa shape index (κ2) is 7.20. The van der Waals surface area contributed by atoms with Crippen LogP contribution in [0.5, 0.6) is 0 Å². The molecule has 1 aromatic carbocycles. The van der Waals surface area contributed by atoms with Gasteiger partial charge in [-0.1, -0.05) is 17.7 Å². The quantitative estimate of drug-likeness (QED) is 0.672. The first-order chi connectivity index (χ1) is 9.60. The molecule has 1 aliphatic carbocycles. The smallest absolute Gasteiger partial charge is 0.294 e. The van der Waals surface area contributed by atoms with Crippen LogP contribution in [0.4, 0.5) is 0 Å². The Kier molecular flexibility index (Phi) is 6.13. The lowest BCUT2D eigenvalue weighted by Gasteiger charge is -2.28. The molecule has 1 aliphatic rings. The Bertz CT molecular complexity index is 581. The molecule has 0 heterocycles. The van der Waals surface area contributed by atoms with E-state index >= 15 is 0 Å². The number of hydrogen-bond acceptors (Lipinski definition) is 2. The Morgan fingerprint density at radius 1 is 1.05 bits per heavy atom. The molecule has 0 radical (unpaired) electrons. The largest absolute Gasteiger partial charge is 0.302 e. The van der Waals surface area contributed by atoms with Crippen molar-refractivity contribution in [3.8, 4) is 0 Å². The second-order valence-electron chi connectivity index (χ2n) is 6.24. The zero-order chi connectivity index (χ0) is 16.1. The fourth-order valence-corrected chi connectivity index (χ4v) is 2.62. The lowest BCUT2D eigenvalue weighted by Crippen LogP contribution is -2.33. The summed E-state index contributed by atoms with van der Waals surface area (Å²) in [6.45, 7) is 1.84. The molecule has 1 N–H and O–H groups in total. The van der Waals surface area contributed by atoms with Crippen molar-refractivity contribution in [1.29, 1.82) is 0 Å². The minimum Gasteiger partial charge on any atom is -0.302 e. The Morgan fingerprint density at radius 2 is 1.62 bits per heavy atom. The molecule has 0 spiro atoms. The van der Waals surface area contributed by atoms with Crippen molar-refractivity contribution in [3.05, 3.63) is 41.6 Å². The van der Waals surface area contributed by atoms with Gasteiger partial charge in [0.15, 0.2) is 0 Å². The number of quaternary nitrogens is 1. The Hall–Kier alpha value is -1.17. The average Bonchev–Trinajstić information content (AvgIpc) is 2.39. The zero-order valence-electron chi connectivity index (χ0n) is 13.3. The zero-order valence-corrected chi connectivity index (χ0v) is 14.2. The van der Waals surface area contributed by atoms with E-state index < -0.39 is 10.1 Å². The molecule has 0 amide bonds. The molecular formula is C16H26NO3S+. The molecule has 0 atom stereocenters. The molecule has 2 rings (SSSR count). The summed E-state index contributed by atoms with van der Waals surface area (Å²) in [6, 6.07) is 5.99. The molecule has 118 valence electrons. The Balaban J connectivity index is 0.000000211. The topological polar surface area (TPSA) is 54.4 Å². The first-order valence-corrected chi connectivity index (χ1v) is 8.60. The molecule has 0 aliphatic heterocycles. The van der Waals surface area contributed by atoms with Crippen LogP contribution in [0, 0.1) is 6.92 Å². The van der Waals surface area contributed by atoms with E-state index in [2.05, 4.69) is 27.2 Å². The van der Waals surface area contributed by atoms with Crippen LogP contribution in [-0.2, 0) is 10.1 Å². The number of nitrogens with zero attached hydrogens (tertiary/aromatic N) is 1. The minimum atomic E-state index is -4.02. The highest BCUT2D eigenvalue weighted by Gasteiger charge is 2.17. The third-order valence-corrected chi connectivity index (χ3v) is 4.32. The van der Waals surface area contributed by atoms with Gasteiger partial charge in [0.05, 0.1) is 26.0 Å². The van der Waals surface area contributed by atoms with E-state index in [1.54, 1.807) is 17.8 Å². The van der Waals surface area contributed by atoms with Gasteiger partial charge in [0.25, 0.3) is 10.1 Å². The molecule has 0 unspecified atom stereocenters. The van der Waals surface area contributed by atoms with Crippen molar-refractivity contribution in [2.45, 2.75) is 37.5 Å². The van der Waals surface area contributed by atoms with Gasteiger partial charge in [0.2, 0.25) is 0 Å². The maximum Gasteiger partial charge on any atom is 0.294 e. The van der Waals surface area contributed by atoms with Gasteiger partial charge in [-0.2, -0.15) is 8.42 Å². The summed E-state index contributed by atoms with van der Waals surface area (Å²) in [6.07, 6.45) is 7.79. The number of aryl methyl sites for hydroxylation is 1. The molecule has 0 aromatic heterocycles. The predicted molar refractivity (Wildman–Crippen MR) is 85.6 cm³/mol. The molecule has 1 aromatic rings. The Morgan fingerprint density at radius 3 is 1.95 bits per heavy atom. The van der Waals surface area contributed by atoms with Crippen LogP contribution in [-0.4, -0.2) is 38.6 Å². The van der Waals surface area contributed by atoms with Crippen molar-refractivity contribution in [2.24, 2.45) is 0 Å². The van der Waals surface area contributed by atoms with Crippen LogP contribution in [0.1, 0.15) is 31.2 Å². The van der Waals surface area contributed by atoms with Crippen molar-refractivity contribution < 1.29 is 17.5 Å². The SMILES string of the molecule is C[N+](C)(C)C1=CCCCC1.Cc1ccc(S(=O)(=O)O)cc1. The van der Waals surface area contributed by atoms with Crippen molar-refractivity contribution in [2.75, 3.05) is 21.1 Å². The summed E-state index contributed by atoms with van der Waals surface area (Å²) in [5.41, 5.74) is 2.56. The van der Waals surface area contributed by atoms with Crippen LogP contribution in [0.25, 0.3) is 0 Å². The van der Waals surface area contributed by atoms with Crippen LogP contribution in [0.2, 0.25) is 0 Å².